The molecule has 0 saturated heterocycles. The van der Waals surface area contributed by atoms with E-state index in [0.717, 1.165) is 15.6 Å². The summed E-state index contributed by atoms with van der Waals surface area (Å²) in [5.41, 5.74) is 7.91. The van der Waals surface area contributed by atoms with Crippen molar-refractivity contribution in [3.8, 4) is 11.5 Å². The second kappa shape index (κ2) is 5.65. The van der Waals surface area contributed by atoms with Gasteiger partial charge in [-0.2, -0.15) is 4.98 Å². The van der Waals surface area contributed by atoms with E-state index < -0.39 is 0 Å². The van der Waals surface area contributed by atoms with E-state index in [2.05, 4.69) is 26.1 Å². The average molecular weight is 348 g/mol. The first-order valence-electron chi connectivity index (χ1n) is 6.23. The zero-order valence-corrected chi connectivity index (χ0v) is 12.5. The lowest BCUT2D eigenvalue weighted by atomic mass is 10.1. The Morgan fingerprint density at radius 2 is 2.05 bits per heavy atom. The Bertz CT molecular complexity index is 768. The molecule has 0 aliphatic heterocycles. The van der Waals surface area contributed by atoms with Gasteiger partial charge < -0.3 is 10.3 Å². The Morgan fingerprint density at radius 1 is 1.19 bits per heavy atom. The highest BCUT2D eigenvalue weighted by molar-refractivity contribution is 9.10. The van der Waals surface area contributed by atoms with E-state index in [1.165, 1.54) is 12.1 Å². The number of hydrogen-bond donors (Lipinski definition) is 1. The number of halogens is 2. The Morgan fingerprint density at radius 3 is 2.81 bits per heavy atom. The van der Waals surface area contributed by atoms with Gasteiger partial charge in [0.2, 0.25) is 0 Å². The third-order valence-corrected chi connectivity index (χ3v) is 3.34. The minimum atomic E-state index is -0.281. The van der Waals surface area contributed by atoms with Crippen LogP contribution in [0.5, 0.6) is 0 Å². The molecule has 106 valence electrons. The summed E-state index contributed by atoms with van der Waals surface area (Å²) in [6, 6.07) is 11.7. The van der Waals surface area contributed by atoms with Crippen LogP contribution in [0.25, 0.3) is 11.5 Å². The monoisotopic (exact) mass is 347 g/mol. The van der Waals surface area contributed by atoms with Crippen molar-refractivity contribution in [1.29, 1.82) is 0 Å². The molecule has 0 radical (unpaired) electrons. The van der Waals surface area contributed by atoms with Crippen LogP contribution in [-0.4, -0.2) is 10.1 Å². The van der Waals surface area contributed by atoms with Crippen LogP contribution in [-0.2, 0) is 6.42 Å². The highest BCUT2D eigenvalue weighted by atomic mass is 79.9. The van der Waals surface area contributed by atoms with Gasteiger partial charge in [-0.3, -0.25) is 0 Å². The van der Waals surface area contributed by atoms with Crippen molar-refractivity contribution in [2.45, 2.75) is 6.42 Å². The third-order valence-electron chi connectivity index (χ3n) is 2.89. The van der Waals surface area contributed by atoms with Crippen LogP contribution < -0.4 is 5.73 Å². The van der Waals surface area contributed by atoms with Gasteiger partial charge in [0.15, 0.2) is 5.82 Å². The van der Waals surface area contributed by atoms with Crippen LogP contribution in [0.1, 0.15) is 11.4 Å². The fraction of sp³-hybridized carbons (Fsp3) is 0.0667. The topological polar surface area (TPSA) is 64.9 Å². The van der Waals surface area contributed by atoms with E-state index in [0.29, 0.717) is 23.8 Å². The second-order valence-electron chi connectivity index (χ2n) is 4.60. The number of anilines is 1. The summed E-state index contributed by atoms with van der Waals surface area (Å²) in [6.07, 6.45) is 0.407. The van der Waals surface area contributed by atoms with Crippen LogP contribution in [0.4, 0.5) is 10.1 Å². The van der Waals surface area contributed by atoms with Crippen molar-refractivity contribution in [2.24, 2.45) is 0 Å². The van der Waals surface area contributed by atoms with Gasteiger partial charge in [-0.05, 0) is 35.9 Å². The van der Waals surface area contributed by atoms with Crippen molar-refractivity contribution < 1.29 is 8.91 Å². The predicted octanol–water partition coefficient (Wildman–Crippen LogP) is 3.81. The van der Waals surface area contributed by atoms with Crippen LogP contribution in [0.2, 0.25) is 0 Å². The van der Waals surface area contributed by atoms with E-state index in [1.807, 2.05) is 12.1 Å². The Kier molecular flexibility index (Phi) is 3.70. The SMILES string of the molecule is Nc1cc(Br)cc(-c2nc(Cc3cccc(F)c3)no2)c1. The molecule has 0 aliphatic rings. The van der Waals surface area contributed by atoms with Gasteiger partial charge in [0, 0.05) is 22.1 Å². The molecule has 2 N–H and O–H groups in total. The molecule has 3 rings (SSSR count). The van der Waals surface area contributed by atoms with Crippen molar-refractivity contribution >= 4 is 21.6 Å². The quantitative estimate of drug-likeness (QED) is 0.731. The van der Waals surface area contributed by atoms with Gasteiger partial charge >= 0.3 is 0 Å². The van der Waals surface area contributed by atoms with Crippen molar-refractivity contribution in [3.05, 3.63) is 64.1 Å². The molecule has 2 aromatic carbocycles. The lowest BCUT2D eigenvalue weighted by molar-refractivity contribution is 0.424. The fourth-order valence-electron chi connectivity index (χ4n) is 2.01. The number of nitrogen functional groups attached to an aromatic ring is 1. The normalized spacial score (nSPS) is 10.8. The maximum atomic E-state index is 13.1. The summed E-state index contributed by atoms with van der Waals surface area (Å²) in [7, 11) is 0. The first-order valence-corrected chi connectivity index (χ1v) is 7.03. The lowest BCUT2D eigenvalue weighted by Crippen LogP contribution is -1.92. The minimum absolute atomic E-state index is 0.281. The highest BCUT2D eigenvalue weighted by Gasteiger charge is 2.11. The molecule has 21 heavy (non-hydrogen) atoms. The summed E-state index contributed by atoms with van der Waals surface area (Å²) in [5, 5.41) is 3.91. The smallest absolute Gasteiger partial charge is 0.258 e. The van der Waals surface area contributed by atoms with Gasteiger partial charge in [-0.25, -0.2) is 4.39 Å². The predicted molar refractivity (Wildman–Crippen MR) is 81.1 cm³/mol. The molecular weight excluding hydrogens is 337 g/mol. The molecule has 0 bridgehead atoms. The highest BCUT2D eigenvalue weighted by Crippen LogP contribution is 2.25. The number of rotatable bonds is 3. The first-order chi connectivity index (χ1) is 10.1. The molecule has 0 unspecified atom stereocenters. The fourth-order valence-corrected chi connectivity index (χ4v) is 2.52. The number of hydrogen-bond acceptors (Lipinski definition) is 4. The molecule has 3 aromatic rings. The second-order valence-corrected chi connectivity index (χ2v) is 5.51. The standard InChI is InChI=1S/C15H11BrFN3O/c16-11-6-10(7-13(18)8-11)15-19-14(20-21-15)5-9-2-1-3-12(17)4-9/h1-4,6-8H,5,18H2. The third kappa shape index (κ3) is 3.28. The zero-order valence-electron chi connectivity index (χ0n) is 10.9. The Hall–Kier alpha value is -2.21. The molecular formula is C15H11BrFN3O. The van der Waals surface area contributed by atoms with Gasteiger partial charge in [-0.15, -0.1) is 0 Å². The summed E-state index contributed by atoms with van der Waals surface area (Å²) in [4.78, 5) is 4.31. The molecule has 0 aliphatic carbocycles. The van der Waals surface area contributed by atoms with Crippen LogP contribution >= 0.6 is 15.9 Å². The number of benzene rings is 2. The maximum absolute atomic E-state index is 13.1. The summed E-state index contributed by atoms with van der Waals surface area (Å²) < 4.78 is 19.2. The molecule has 0 amide bonds. The van der Waals surface area contributed by atoms with Crippen molar-refractivity contribution in [3.63, 3.8) is 0 Å². The van der Waals surface area contributed by atoms with Crippen LogP contribution in [0, 0.1) is 5.82 Å². The summed E-state index contributed by atoms with van der Waals surface area (Å²) in [6.45, 7) is 0. The number of aromatic nitrogens is 2. The van der Waals surface area contributed by atoms with E-state index in [1.54, 1.807) is 18.2 Å². The number of nitrogens with two attached hydrogens (primary N) is 1. The van der Waals surface area contributed by atoms with Crippen LogP contribution in [0.3, 0.4) is 0 Å². The molecule has 0 spiro atoms. The lowest BCUT2D eigenvalue weighted by Gasteiger charge is -1.98. The molecule has 0 atom stereocenters. The van der Waals surface area contributed by atoms with E-state index in [9.17, 15) is 4.39 Å². The molecule has 0 fully saturated rings. The maximum Gasteiger partial charge on any atom is 0.258 e. The number of nitrogens with zero attached hydrogens (tertiary/aromatic N) is 2. The molecule has 4 nitrogen and oxygen atoms in total. The molecule has 0 saturated carbocycles. The van der Waals surface area contributed by atoms with Gasteiger partial charge in [0.05, 0.1) is 0 Å². The van der Waals surface area contributed by atoms with Crippen LogP contribution in [0.15, 0.2) is 51.5 Å². The minimum Gasteiger partial charge on any atom is -0.399 e. The van der Waals surface area contributed by atoms with E-state index >= 15 is 0 Å². The average Bonchev–Trinajstić information content (AvgIpc) is 2.86. The van der Waals surface area contributed by atoms with Gasteiger partial charge in [0.1, 0.15) is 5.82 Å². The van der Waals surface area contributed by atoms with Crippen molar-refractivity contribution in [1.82, 2.24) is 10.1 Å². The zero-order chi connectivity index (χ0) is 14.8. The summed E-state index contributed by atoms with van der Waals surface area (Å²) >= 11 is 3.37. The van der Waals surface area contributed by atoms with Gasteiger partial charge in [-0.1, -0.05) is 33.2 Å². The van der Waals surface area contributed by atoms with E-state index in [-0.39, 0.29) is 5.82 Å². The van der Waals surface area contributed by atoms with Crippen molar-refractivity contribution in [2.75, 3.05) is 5.73 Å². The molecule has 1 heterocycles. The Labute approximate surface area is 128 Å². The largest absolute Gasteiger partial charge is 0.399 e. The van der Waals surface area contributed by atoms with Gasteiger partial charge in [0.25, 0.3) is 5.89 Å². The Balaban J connectivity index is 1.86. The first kappa shape index (κ1) is 13.8. The summed E-state index contributed by atoms with van der Waals surface area (Å²) in [5.74, 6) is 0.597. The van der Waals surface area contributed by atoms with E-state index in [4.69, 9.17) is 10.3 Å². The molecule has 6 heteroatoms. The molecule has 1 aromatic heterocycles.